The molecule has 2 rings (SSSR count). The fourth-order valence-corrected chi connectivity index (χ4v) is 2.80. The number of ketones is 1. The fourth-order valence-electron chi connectivity index (χ4n) is 2.49. The van der Waals surface area contributed by atoms with Crippen molar-refractivity contribution in [1.29, 1.82) is 0 Å². The minimum atomic E-state index is -0.230. The van der Waals surface area contributed by atoms with E-state index in [1.807, 2.05) is 26.0 Å². The van der Waals surface area contributed by atoms with Crippen LogP contribution in [0.4, 0.5) is 0 Å². The number of hydrogen-bond acceptors (Lipinski definition) is 3. The van der Waals surface area contributed by atoms with E-state index in [9.17, 15) is 4.79 Å². The molecule has 0 aromatic heterocycles. The van der Waals surface area contributed by atoms with E-state index in [0.29, 0.717) is 10.0 Å². The number of nitrogens with zero attached hydrogens (tertiary/aromatic N) is 1. The molecule has 1 heterocycles. The zero-order valence-electron chi connectivity index (χ0n) is 11.8. The summed E-state index contributed by atoms with van der Waals surface area (Å²) in [6, 6.07) is 5.26. The third kappa shape index (κ3) is 3.53. The molecule has 1 unspecified atom stereocenters. The number of rotatable bonds is 4. The monoisotopic (exact) mass is 314 g/mol. The summed E-state index contributed by atoms with van der Waals surface area (Å²) in [5.74, 6) is 0.217. The maximum atomic E-state index is 12.6. The fraction of sp³-hybridized carbons (Fsp3) is 0.533. The molecular weight excluding hydrogens is 295 g/mol. The second-order valence-corrected chi connectivity index (χ2v) is 6.23. The van der Waals surface area contributed by atoms with Gasteiger partial charge in [0.15, 0.2) is 5.78 Å². The molecule has 1 atom stereocenters. The van der Waals surface area contributed by atoms with Crippen LogP contribution in [0.15, 0.2) is 18.2 Å². The highest BCUT2D eigenvalue weighted by molar-refractivity contribution is 6.42. The SMILES string of the molecule is CC(C)C(=O)C(c1ccc(Cl)c(Cl)c1)N1CCNCC1. The first kappa shape index (κ1) is 15.8. The molecule has 0 saturated carbocycles. The average Bonchev–Trinajstić information content (AvgIpc) is 2.44. The maximum Gasteiger partial charge on any atom is 0.157 e. The number of piperazine rings is 1. The molecule has 0 amide bonds. The molecule has 1 aromatic carbocycles. The van der Waals surface area contributed by atoms with Crippen LogP contribution in [0, 0.1) is 5.92 Å². The molecule has 1 aromatic rings. The third-order valence-corrected chi connectivity index (χ3v) is 4.35. The lowest BCUT2D eigenvalue weighted by atomic mass is 9.93. The van der Waals surface area contributed by atoms with Gasteiger partial charge in [0.2, 0.25) is 0 Å². The van der Waals surface area contributed by atoms with E-state index in [4.69, 9.17) is 23.2 Å². The largest absolute Gasteiger partial charge is 0.314 e. The number of hydrogen-bond donors (Lipinski definition) is 1. The molecule has 0 spiro atoms. The van der Waals surface area contributed by atoms with Crippen LogP contribution < -0.4 is 5.32 Å². The first-order chi connectivity index (χ1) is 9.50. The number of carbonyl (C=O) groups is 1. The Labute approximate surface area is 130 Å². The Hall–Kier alpha value is -0.610. The van der Waals surface area contributed by atoms with Gasteiger partial charge in [0.05, 0.1) is 16.1 Å². The third-order valence-electron chi connectivity index (χ3n) is 3.61. The highest BCUT2D eigenvalue weighted by Crippen LogP contribution is 2.30. The highest BCUT2D eigenvalue weighted by Gasteiger charge is 2.30. The van der Waals surface area contributed by atoms with E-state index >= 15 is 0 Å². The van der Waals surface area contributed by atoms with Crippen molar-refractivity contribution in [1.82, 2.24) is 10.2 Å². The zero-order valence-corrected chi connectivity index (χ0v) is 13.3. The molecule has 0 bridgehead atoms. The molecule has 3 nitrogen and oxygen atoms in total. The summed E-state index contributed by atoms with van der Waals surface area (Å²) in [5.41, 5.74) is 0.931. The van der Waals surface area contributed by atoms with Gasteiger partial charge >= 0.3 is 0 Å². The van der Waals surface area contributed by atoms with Crippen LogP contribution in [-0.4, -0.2) is 36.9 Å². The Morgan fingerprint density at radius 2 is 1.85 bits per heavy atom. The van der Waals surface area contributed by atoms with Crippen molar-refractivity contribution in [2.45, 2.75) is 19.9 Å². The lowest BCUT2D eigenvalue weighted by molar-refractivity contribution is -0.127. The summed E-state index contributed by atoms with van der Waals surface area (Å²) in [6.45, 7) is 7.42. The molecule has 1 N–H and O–H groups in total. The van der Waals surface area contributed by atoms with Gasteiger partial charge in [-0.1, -0.05) is 43.1 Å². The standard InChI is InChI=1S/C15H20Cl2N2O/c1-10(2)15(20)14(19-7-5-18-6-8-19)11-3-4-12(16)13(17)9-11/h3-4,9-10,14,18H,5-8H2,1-2H3. The van der Waals surface area contributed by atoms with Crippen LogP contribution in [0.2, 0.25) is 10.0 Å². The Balaban J connectivity index is 2.34. The highest BCUT2D eigenvalue weighted by atomic mass is 35.5. The van der Waals surface area contributed by atoms with Gasteiger partial charge < -0.3 is 5.32 Å². The number of Topliss-reactive ketones (excluding diaryl/α,β-unsaturated/α-hetero) is 1. The first-order valence-electron chi connectivity index (χ1n) is 6.94. The van der Waals surface area contributed by atoms with Crippen molar-refractivity contribution in [2.24, 2.45) is 5.92 Å². The number of benzene rings is 1. The van der Waals surface area contributed by atoms with Crippen molar-refractivity contribution in [3.05, 3.63) is 33.8 Å². The van der Waals surface area contributed by atoms with Gasteiger partial charge in [0.25, 0.3) is 0 Å². The van der Waals surface area contributed by atoms with E-state index in [2.05, 4.69) is 10.2 Å². The minimum absolute atomic E-state index is 0.00987. The topological polar surface area (TPSA) is 32.3 Å². The second-order valence-electron chi connectivity index (χ2n) is 5.42. The molecule has 110 valence electrons. The summed E-state index contributed by atoms with van der Waals surface area (Å²) >= 11 is 12.1. The Morgan fingerprint density at radius 3 is 2.40 bits per heavy atom. The van der Waals surface area contributed by atoms with Crippen LogP contribution in [0.1, 0.15) is 25.5 Å². The molecule has 1 aliphatic heterocycles. The van der Waals surface area contributed by atoms with Gasteiger partial charge in [-0.05, 0) is 17.7 Å². The predicted octanol–water partition coefficient (Wildman–Crippen LogP) is 3.16. The van der Waals surface area contributed by atoms with Crippen LogP contribution in [0.5, 0.6) is 0 Å². The van der Waals surface area contributed by atoms with Crippen molar-refractivity contribution in [2.75, 3.05) is 26.2 Å². The van der Waals surface area contributed by atoms with Crippen molar-refractivity contribution in [3.63, 3.8) is 0 Å². The van der Waals surface area contributed by atoms with Gasteiger partial charge in [-0.3, -0.25) is 9.69 Å². The van der Waals surface area contributed by atoms with E-state index < -0.39 is 0 Å². The van der Waals surface area contributed by atoms with Gasteiger partial charge in [-0.25, -0.2) is 0 Å². The summed E-state index contributed by atoms with van der Waals surface area (Å²) in [6.07, 6.45) is 0. The summed E-state index contributed by atoms with van der Waals surface area (Å²) in [5, 5.41) is 4.33. The van der Waals surface area contributed by atoms with E-state index in [1.165, 1.54) is 0 Å². The van der Waals surface area contributed by atoms with Crippen molar-refractivity contribution in [3.8, 4) is 0 Å². The normalized spacial score (nSPS) is 18.2. The van der Waals surface area contributed by atoms with Crippen LogP contribution in [-0.2, 0) is 4.79 Å². The van der Waals surface area contributed by atoms with Gasteiger partial charge in [0.1, 0.15) is 0 Å². The molecule has 1 aliphatic rings. The smallest absolute Gasteiger partial charge is 0.157 e. The predicted molar refractivity (Wildman–Crippen MR) is 83.5 cm³/mol. The molecule has 1 saturated heterocycles. The van der Waals surface area contributed by atoms with Crippen LogP contribution in [0.25, 0.3) is 0 Å². The zero-order chi connectivity index (χ0) is 14.7. The average molecular weight is 315 g/mol. The first-order valence-corrected chi connectivity index (χ1v) is 7.69. The Kier molecular flexibility index (Phi) is 5.44. The van der Waals surface area contributed by atoms with E-state index in [-0.39, 0.29) is 17.7 Å². The molecule has 0 radical (unpaired) electrons. The molecule has 5 heteroatoms. The van der Waals surface area contributed by atoms with Crippen LogP contribution >= 0.6 is 23.2 Å². The quantitative estimate of drug-likeness (QED) is 0.926. The minimum Gasteiger partial charge on any atom is -0.314 e. The summed E-state index contributed by atoms with van der Waals surface area (Å²) in [4.78, 5) is 14.8. The molecule has 0 aliphatic carbocycles. The second kappa shape index (κ2) is 6.90. The van der Waals surface area contributed by atoms with Crippen molar-refractivity contribution < 1.29 is 4.79 Å². The number of nitrogens with one attached hydrogen (secondary N) is 1. The molecule has 1 fully saturated rings. The Morgan fingerprint density at radius 1 is 1.20 bits per heavy atom. The number of halogens is 2. The van der Waals surface area contributed by atoms with Crippen molar-refractivity contribution >= 4 is 29.0 Å². The van der Waals surface area contributed by atoms with Crippen LogP contribution in [0.3, 0.4) is 0 Å². The molecule has 20 heavy (non-hydrogen) atoms. The summed E-state index contributed by atoms with van der Waals surface area (Å²) in [7, 11) is 0. The lowest BCUT2D eigenvalue weighted by Gasteiger charge is -2.35. The van der Waals surface area contributed by atoms with Gasteiger partial charge in [0, 0.05) is 32.1 Å². The maximum absolute atomic E-state index is 12.6. The Bertz CT molecular complexity index is 485. The van der Waals surface area contributed by atoms with E-state index in [0.717, 1.165) is 31.7 Å². The molecular formula is C15H20Cl2N2O. The lowest BCUT2D eigenvalue weighted by Crippen LogP contribution is -2.47. The van der Waals surface area contributed by atoms with Gasteiger partial charge in [-0.15, -0.1) is 0 Å². The van der Waals surface area contributed by atoms with Gasteiger partial charge in [-0.2, -0.15) is 0 Å². The summed E-state index contributed by atoms with van der Waals surface area (Å²) < 4.78 is 0. The number of carbonyl (C=O) groups excluding carboxylic acids is 1. The van der Waals surface area contributed by atoms with E-state index in [1.54, 1.807) is 6.07 Å².